The number of carbonyl (C=O) groups is 3. The first-order valence-electron chi connectivity index (χ1n) is 9.12. The first kappa shape index (κ1) is 19.5. The maximum absolute atomic E-state index is 12.3. The topological polar surface area (TPSA) is 118 Å². The summed E-state index contributed by atoms with van der Waals surface area (Å²) in [5.41, 5.74) is 1.97. The van der Waals surface area contributed by atoms with Crippen molar-refractivity contribution in [1.29, 1.82) is 0 Å². The van der Waals surface area contributed by atoms with Gasteiger partial charge in [-0.3, -0.25) is 19.7 Å². The van der Waals surface area contributed by atoms with Gasteiger partial charge in [-0.2, -0.15) is 0 Å². The van der Waals surface area contributed by atoms with Crippen LogP contribution in [0.5, 0.6) is 0 Å². The lowest BCUT2D eigenvalue weighted by Crippen LogP contribution is -2.52. The minimum atomic E-state index is -0.687. The van der Waals surface area contributed by atoms with Crippen LogP contribution in [0.4, 0.5) is 5.69 Å². The third-order valence-corrected chi connectivity index (χ3v) is 4.39. The minimum absolute atomic E-state index is 0.122. The third kappa shape index (κ3) is 4.73. The van der Waals surface area contributed by atoms with Crippen molar-refractivity contribution >= 4 is 23.4 Å². The zero-order valence-electron chi connectivity index (χ0n) is 16.2. The predicted molar refractivity (Wildman–Crippen MR) is 102 cm³/mol. The number of amides is 3. The number of hydrogen-bond donors (Lipinski definition) is 3. The number of carbonyl (C=O) groups excluding carboxylic acids is 3. The van der Waals surface area contributed by atoms with Crippen LogP contribution >= 0.6 is 0 Å². The van der Waals surface area contributed by atoms with Crippen LogP contribution in [0, 0.1) is 0 Å². The lowest BCUT2D eigenvalue weighted by Gasteiger charge is -2.21. The molecule has 148 valence electrons. The number of aromatic nitrogens is 3. The summed E-state index contributed by atoms with van der Waals surface area (Å²) in [6.07, 6.45) is 2.43. The van der Waals surface area contributed by atoms with Crippen molar-refractivity contribution in [2.75, 3.05) is 5.32 Å². The molecule has 1 fully saturated rings. The molecule has 9 nitrogen and oxygen atoms in total. The van der Waals surface area contributed by atoms with Crippen molar-refractivity contribution < 1.29 is 14.4 Å². The lowest BCUT2D eigenvalue weighted by molar-refractivity contribution is -0.134. The van der Waals surface area contributed by atoms with Gasteiger partial charge in [0.25, 0.3) is 5.91 Å². The molecule has 0 bridgehead atoms. The number of imide groups is 1. The van der Waals surface area contributed by atoms with Gasteiger partial charge in [0.15, 0.2) is 0 Å². The molecule has 1 saturated heterocycles. The number of nitrogens with zero attached hydrogens (tertiary/aromatic N) is 3. The van der Waals surface area contributed by atoms with Crippen LogP contribution < -0.4 is 16.0 Å². The molecule has 9 heteroatoms. The van der Waals surface area contributed by atoms with Gasteiger partial charge in [0.05, 0.1) is 18.3 Å². The quantitative estimate of drug-likeness (QED) is 0.666. The van der Waals surface area contributed by atoms with Crippen LogP contribution in [-0.2, 0) is 21.7 Å². The molecule has 1 aliphatic heterocycles. The van der Waals surface area contributed by atoms with E-state index in [4.69, 9.17) is 0 Å². The number of rotatable bonds is 5. The number of nitrogens with one attached hydrogen (secondary N) is 3. The first-order chi connectivity index (χ1) is 13.2. The Morgan fingerprint density at radius 3 is 2.57 bits per heavy atom. The number of anilines is 1. The molecule has 2 aromatic rings. The number of hydrogen-bond acceptors (Lipinski definition) is 6. The van der Waals surface area contributed by atoms with Crippen LogP contribution in [0.1, 0.15) is 49.7 Å². The maximum Gasteiger partial charge on any atom is 0.251 e. The van der Waals surface area contributed by atoms with E-state index in [0.29, 0.717) is 18.5 Å². The Labute approximate surface area is 162 Å². The molecule has 28 heavy (non-hydrogen) atoms. The molecule has 3 N–H and O–H groups in total. The van der Waals surface area contributed by atoms with Gasteiger partial charge in [-0.05, 0) is 51.5 Å². The van der Waals surface area contributed by atoms with E-state index >= 15 is 0 Å². The van der Waals surface area contributed by atoms with Gasteiger partial charge in [0.1, 0.15) is 11.7 Å². The van der Waals surface area contributed by atoms with Crippen molar-refractivity contribution in [2.24, 2.45) is 0 Å². The SMILES string of the molecule is CC(C)(C)n1cc(CNc2ccc(C(=O)NC3CCC(=O)NC3=O)cc2)nn1. The molecule has 1 unspecified atom stereocenters. The van der Waals surface area contributed by atoms with Crippen LogP contribution in [-0.4, -0.2) is 38.8 Å². The molecular weight excluding hydrogens is 360 g/mol. The van der Waals surface area contributed by atoms with E-state index in [2.05, 4.69) is 47.0 Å². The van der Waals surface area contributed by atoms with Crippen molar-refractivity contribution in [1.82, 2.24) is 25.6 Å². The summed E-state index contributed by atoms with van der Waals surface area (Å²) < 4.78 is 1.81. The molecule has 3 rings (SSSR count). The monoisotopic (exact) mass is 384 g/mol. The van der Waals surface area contributed by atoms with Gasteiger partial charge in [-0.15, -0.1) is 5.10 Å². The summed E-state index contributed by atoms with van der Waals surface area (Å²) in [7, 11) is 0. The van der Waals surface area contributed by atoms with Crippen molar-refractivity contribution in [3.8, 4) is 0 Å². The Kier molecular flexibility index (Phi) is 5.43. The van der Waals surface area contributed by atoms with Gasteiger partial charge in [-0.25, -0.2) is 4.68 Å². The largest absolute Gasteiger partial charge is 0.379 e. The highest BCUT2D eigenvalue weighted by Crippen LogP contribution is 2.14. The maximum atomic E-state index is 12.3. The van der Waals surface area contributed by atoms with Crippen LogP contribution in [0.25, 0.3) is 0 Å². The summed E-state index contributed by atoms with van der Waals surface area (Å²) in [4.78, 5) is 35.2. The van der Waals surface area contributed by atoms with Crippen LogP contribution in [0.3, 0.4) is 0 Å². The van der Waals surface area contributed by atoms with E-state index in [1.165, 1.54) is 0 Å². The summed E-state index contributed by atoms with van der Waals surface area (Å²) in [6, 6.07) is 6.24. The van der Waals surface area contributed by atoms with Crippen LogP contribution in [0.2, 0.25) is 0 Å². The van der Waals surface area contributed by atoms with E-state index in [9.17, 15) is 14.4 Å². The summed E-state index contributed by atoms with van der Waals surface area (Å²) >= 11 is 0. The highest BCUT2D eigenvalue weighted by atomic mass is 16.2. The fourth-order valence-electron chi connectivity index (χ4n) is 2.71. The summed E-state index contributed by atoms with van der Waals surface area (Å²) in [5, 5.41) is 16.4. The van der Waals surface area contributed by atoms with Gasteiger partial charge >= 0.3 is 0 Å². The standard InChI is InChI=1S/C19H24N6O3/c1-19(2,3)25-11-14(23-24-25)10-20-13-6-4-12(5-7-13)17(27)21-15-8-9-16(26)22-18(15)28/h4-7,11,15,20H,8-10H2,1-3H3,(H,21,27)(H,22,26,28). The average Bonchev–Trinajstić information content (AvgIpc) is 3.12. The number of benzene rings is 1. The molecule has 0 radical (unpaired) electrons. The Bertz CT molecular complexity index is 882. The molecule has 1 aromatic heterocycles. The smallest absolute Gasteiger partial charge is 0.251 e. The van der Waals surface area contributed by atoms with Crippen LogP contribution in [0.15, 0.2) is 30.5 Å². The van der Waals surface area contributed by atoms with Gasteiger partial charge in [-0.1, -0.05) is 5.21 Å². The normalized spacial score (nSPS) is 17.2. The molecule has 0 spiro atoms. The fraction of sp³-hybridized carbons (Fsp3) is 0.421. The summed E-state index contributed by atoms with van der Waals surface area (Å²) in [6.45, 7) is 6.67. The minimum Gasteiger partial charge on any atom is -0.379 e. The Morgan fingerprint density at radius 2 is 1.96 bits per heavy atom. The van der Waals surface area contributed by atoms with Gasteiger partial charge < -0.3 is 10.6 Å². The van der Waals surface area contributed by atoms with E-state index in [1.807, 2.05) is 10.9 Å². The molecule has 0 aliphatic carbocycles. The Hall–Kier alpha value is -3.23. The van der Waals surface area contributed by atoms with Gasteiger partial charge in [0, 0.05) is 17.7 Å². The molecule has 1 aromatic carbocycles. The predicted octanol–water partition coefficient (Wildman–Crippen LogP) is 1.18. The van der Waals surface area contributed by atoms with Crippen molar-refractivity contribution in [3.63, 3.8) is 0 Å². The third-order valence-electron chi connectivity index (χ3n) is 4.39. The molecule has 3 amide bonds. The highest BCUT2D eigenvalue weighted by molar-refractivity contribution is 6.03. The van der Waals surface area contributed by atoms with E-state index in [1.54, 1.807) is 24.3 Å². The molecule has 2 heterocycles. The van der Waals surface area contributed by atoms with Crippen molar-refractivity contribution in [2.45, 2.75) is 51.7 Å². The molecule has 0 saturated carbocycles. The zero-order valence-corrected chi connectivity index (χ0v) is 16.2. The Balaban J connectivity index is 1.54. The van der Waals surface area contributed by atoms with Gasteiger partial charge in [0.2, 0.25) is 11.8 Å². The zero-order chi connectivity index (χ0) is 20.3. The van der Waals surface area contributed by atoms with E-state index < -0.39 is 11.9 Å². The molecule has 1 aliphatic rings. The molecular formula is C19H24N6O3. The second-order valence-corrected chi connectivity index (χ2v) is 7.73. The highest BCUT2D eigenvalue weighted by Gasteiger charge is 2.28. The second-order valence-electron chi connectivity index (χ2n) is 7.73. The van der Waals surface area contributed by atoms with E-state index in [0.717, 1.165) is 11.4 Å². The molecule has 1 atom stereocenters. The lowest BCUT2D eigenvalue weighted by atomic mass is 10.1. The average molecular weight is 384 g/mol. The second kappa shape index (κ2) is 7.79. The summed E-state index contributed by atoms with van der Waals surface area (Å²) in [5.74, 6) is -1.13. The van der Waals surface area contributed by atoms with Crippen molar-refractivity contribution in [3.05, 3.63) is 41.7 Å². The fourth-order valence-corrected chi connectivity index (χ4v) is 2.71. The number of piperidine rings is 1. The Morgan fingerprint density at radius 1 is 1.25 bits per heavy atom. The first-order valence-corrected chi connectivity index (χ1v) is 9.12. The van der Waals surface area contributed by atoms with E-state index in [-0.39, 0.29) is 23.8 Å².